The van der Waals surface area contributed by atoms with E-state index in [9.17, 15) is 8.42 Å². The average Bonchev–Trinajstić information content (AvgIpc) is 2.03. The van der Waals surface area contributed by atoms with Crippen LogP contribution in [0.3, 0.4) is 0 Å². The van der Waals surface area contributed by atoms with Crippen LogP contribution in [0.15, 0.2) is 23.1 Å². The number of primary sulfonamides is 1. The first-order chi connectivity index (χ1) is 5.95. The summed E-state index contributed by atoms with van der Waals surface area (Å²) in [5.41, 5.74) is 0.813. The van der Waals surface area contributed by atoms with Gasteiger partial charge >= 0.3 is 0 Å². The van der Waals surface area contributed by atoms with Crippen LogP contribution >= 0.6 is 27.5 Å². The Bertz CT molecular complexity index is 419. The van der Waals surface area contributed by atoms with Crippen molar-refractivity contribution >= 4 is 37.6 Å². The van der Waals surface area contributed by atoms with Crippen molar-refractivity contribution in [2.45, 2.75) is 10.2 Å². The fraction of sp³-hybridized carbons (Fsp3) is 0.143. The monoisotopic (exact) mass is 283 g/mol. The van der Waals surface area contributed by atoms with Crippen LogP contribution in [0.5, 0.6) is 0 Å². The summed E-state index contributed by atoms with van der Waals surface area (Å²) in [6.45, 7) is 0. The van der Waals surface area contributed by atoms with Gasteiger partial charge in [-0.05, 0) is 17.7 Å². The second-order valence-corrected chi connectivity index (χ2v) is 4.94. The van der Waals surface area contributed by atoms with E-state index in [1.807, 2.05) is 0 Å². The van der Waals surface area contributed by atoms with Gasteiger partial charge in [-0.15, -0.1) is 0 Å². The summed E-state index contributed by atoms with van der Waals surface area (Å²) in [4.78, 5) is -0.0360. The van der Waals surface area contributed by atoms with Crippen LogP contribution in [0.25, 0.3) is 0 Å². The Morgan fingerprint density at radius 1 is 1.46 bits per heavy atom. The fourth-order valence-electron chi connectivity index (χ4n) is 0.849. The van der Waals surface area contributed by atoms with E-state index in [0.29, 0.717) is 5.33 Å². The molecule has 6 heteroatoms. The quantitative estimate of drug-likeness (QED) is 0.843. The Hall–Kier alpha value is -0.100. The van der Waals surface area contributed by atoms with E-state index in [-0.39, 0.29) is 9.92 Å². The van der Waals surface area contributed by atoms with Crippen LogP contribution in [0.1, 0.15) is 5.56 Å². The first-order valence-electron chi connectivity index (χ1n) is 3.32. The van der Waals surface area contributed by atoms with Crippen LogP contribution in [0.4, 0.5) is 0 Å². The summed E-state index contributed by atoms with van der Waals surface area (Å²) < 4.78 is 22.0. The van der Waals surface area contributed by atoms with Gasteiger partial charge < -0.3 is 0 Å². The highest BCUT2D eigenvalue weighted by atomic mass is 79.9. The molecule has 0 radical (unpaired) electrons. The van der Waals surface area contributed by atoms with E-state index in [2.05, 4.69) is 15.9 Å². The average molecular weight is 285 g/mol. The van der Waals surface area contributed by atoms with Crippen LogP contribution in [-0.2, 0) is 15.4 Å². The second-order valence-electron chi connectivity index (χ2n) is 2.44. The zero-order valence-electron chi connectivity index (χ0n) is 6.50. The summed E-state index contributed by atoms with van der Waals surface area (Å²) in [5, 5.41) is 5.66. The van der Waals surface area contributed by atoms with E-state index in [4.69, 9.17) is 16.7 Å². The Morgan fingerprint density at radius 3 is 2.54 bits per heavy atom. The number of rotatable bonds is 2. The Kier molecular flexibility index (Phi) is 3.34. The minimum Gasteiger partial charge on any atom is -0.225 e. The number of hydrogen-bond acceptors (Lipinski definition) is 2. The maximum absolute atomic E-state index is 11.0. The van der Waals surface area contributed by atoms with Gasteiger partial charge in [0, 0.05) is 5.33 Å². The number of benzene rings is 1. The molecule has 13 heavy (non-hydrogen) atoms. The predicted molar refractivity (Wildman–Crippen MR) is 55.5 cm³/mol. The Balaban J connectivity index is 3.36. The van der Waals surface area contributed by atoms with Crippen molar-refractivity contribution in [2.75, 3.05) is 0 Å². The summed E-state index contributed by atoms with van der Waals surface area (Å²) in [6, 6.07) is 4.69. The zero-order chi connectivity index (χ0) is 10.1. The van der Waals surface area contributed by atoms with Crippen molar-refractivity contribution in [1.82, 2.24) is 0 Å². The number of halogens is 2. The van der Waals surface area contributed by atoms with Crippen LogP contribution in [0, 0.1) is 0 Å². The number of hydrogen-bond donors (Lipinski definition) is 1. The maximum atomic E-state index is 11.0. The normalized spacial score (nSPS) is 11.6. The van der Waals surface area contributed by atoms with E-state index in [1.54, 1.807) is 6.07 Å². The van der Waals surface area contributed by atoms with Crippen molar-refractivity contribution in [3.05, 3.63) is 28.8 Å². The molecule has 0 bridgehead atoms. The van der Waals surface area contributed by atoms with Gasteiger partial charge in [-0.1, -0.05) is 33.6 Å². The molecule has 0 aliphatic rings. The van der Waals surface area contributed by atoms with Crippen molar-refractivity contribution in [1.29, 1.82) is 0 Å². The molecule has 0 fully saturated rings. The van der Waals surface area contributed by atoms with Crippen molar-refractivity contribution in [3.8, 4) is 0 Å². The molecular weight excluding hydrogens is 278 g/mol. The van der Waals surface area contributed by atoms with Gasteiger partial charge in [-0.3, -0.25) is 0 Å². The molecule has 0 unspecified atom stereocenters. The first kappa shape index (κ1) is 11.0. The van der Waals surface area contributed by atoms with Crippen LogP contribution < -0.4 is 5.14 Å². The summed E-state index contributed by atoms with van der Waals surface area (Å²) >= 11 is 8.87. The van der Waals surface area contributed by atoms with Gasteiger partial charge in [-0.2, -0.15) is 0 Å². The lowest BCUT2D eigenvalue weighted by Gasteiger charge is -2.02. The third-order valence-electron chi connectivity index (χ3n) is 1.46. The molecule has 72 valence electrons. The molecule has 0 aromatic heterocycles. The highest BCUT2D eigenvalue weighted by molar-refractivity contribution is 9.08. The molecule has 1 aromatic rings. The SMILES string of the molecule is NS(=O)(=O)c1cc(CBr)ccc1Cl. The Labute approximate surface area is 90.1 Å². The molecule has 3 nitrogen and oxygen atoms in total. The second kappa shape index (κ2) is 3.96. The molecule has 0 saturated heterocycles. The van der Waals surface area contributed by atoms with Gasteiger partial charge in [-0.25, -0.2) is 13.6 Å². The smallest absolute Gasteiger partial charge is 0.225 e. The van der Waals surface area contributed by atoms with Gasteiger partial charge in [0.2, 0.25) is 10.0 Å². The lowest BCUT2D eigenvalue weighted by molar-refractivity contribution is 0.598. The molecule has 0 spiro atoms. The molecular formula is C7H7BrClNO2S. The molecule has 2 N–H and O–H groups in total. The molecule has 0 saturated carbocycles. The topological polar surface area (TPSA) is 60.2 Å². The van der Waals surface area contributed by atoms with Gasteiger partial charge in [0.15, 0.2) is 0 Å². The Morgan fingerprint density at radius 2 is 2.08 bits per heavy atom. The largest absolute Gasteiger partial charge is 0.239 e. The summed E-state index contributed by atoms with van der Waals surface area (Å²) in [7, 11) is -3.72. The number of sulfonamides is 1. The van der Waals surface area contributed by atoms with E-state index >= 15 is 0 Å². The van der Waals surface area contributed by atoms with Gasteiger partial charge in [0.1, 0.15) is 4.90 Å². The standard InChI is InChI=1S/C7H7BrClNO2S/c8-4-5-1-2-6(9)7(3-5)13(10,11)12/h1-3H,4H2,(H2,10,11,12). The molecule has 0 heterocycles. The maximum Gasteiger partial charge on any atom is 0.239 e. The van der Waals surface area contributed by atoms with Gasteiger partial charge in [0.25, 0.3) is 0 Å². The third kappa shape index (κ3) is 2.67. The third-order valence-corrected chi connectivity index (χ3v) is 3.50. The molecule has 0 amide bonds. The highest BCUT2D eigenvalue weighted by Crippen LogP contribution is 2.22. The van der Waals surface area contributed by atoms with Crippen LogP contribution in [0.2, 0.25) is 5.02 Å². The van der Waals surface area contributed by atoms with Gasteiger partial charge in [0.05, 0.1) is 5.02 Å². The van der Waals surface area contributed by atoms with Crippen molar-refractivity contribution in [2.24, 2.45) is 5.14 Å². The summed E-state index contributed by atoms with van der Waals surface area (Å²) in [6.07, 6.45) is 0. The highest BCUT2D eigenvalue weighted by Gasteiger charge is 2.12. The molecule has 0 atom stereocenters. The van der Waals surface area contributed by atoms with E-state index < -0.39 is 10.0 Å². The molecule has 1 aromatic carbocycles. The van der Waals surface area contributed by atoms with Crippen molar-refractivity contribution < 1.29 is 8.42 Å². The predicted octanol–water partition coefficient (Wildman–Crippen LogP) is 1.88. The fourth-order valence-corrected chi connectivity index (χ4v) is 2.29. The minimum atomic E-state index is -3.72. The first-order valence-corrected chi connectivity index (χ1v) is 6.37. The van der Waals surface area contributed by atoms with Crippen molar-refractivity contribution in [3.63, 3.8) is 0 Å². The molecule has 0 aliphatic carbocycles. The lowest BCUT2D eigenvalue weighted by atomic mass is 10.2. The molecule has 1 rings (SSSR count). The lowest BCUT2D eigenvalue weighted by Crippen LogP contribution is -2.12. The zero-order valence-corrected chi connectivity index (χ0v) is 9.66. The summed E-state index contributed by atoms with van der Waals surface area (Å²) in [5.74, 6) is 0. The van der Waals surface area contributed by atoms with E-state index in [1.165, 1.54) is 12.1 Å². The number of alkyl halides is 1. The van der Waals surface area contributed by atoms with Crippen LogP contribution in [-0.4, -0.2) is 8.42 Å². The van der Waals surface area contributed by atoms with E-state index in [0.717, 1.165) is 5.56 Å². The molecule has 0 aliphatic heterocycles. The minimum absolute atomic E-state index is 0.0360. The number of nitrogens with two attached hydrogens (primary N) is 1.